The molecule has 0 saturated heterocycles. The maximum absolute atomic E-state index is 11.6. The SMILES string of the molecule is COC(=O)c1cccc(NC2CCCc3sc(Br)cc32)c1. The van der Waals surface area contributed by atoms with E-state index < -0.39 is 0 Å². The molecule has 1 N–H and O–H groups in total. The fraction of sp³-hybridized carbons (Fsp3) is 0.312. The summed E-state index contributed by atoms with van der Waals surface area (Å²) in [6, 6.07) is 10.0. The summed E-state index contributed by atoms with van der Waals surface area (Å²) in [5.41, 5.74) is 2.91. The molecular weight excluding hydrogens is 350 g/mol. The van der Waals surface area contributed by atoms with Gasteiger partial charge in [-0.3, -0.25) is 0 Å². The molecule has 21 heavy (non-hydrogen) atoms. The Kier molecular flexibility index (Phi) is 4.31. The van der Waals surface area contributed by atoms with Gasteiger partial charge < -0.3 is 10.1 Å². The maximum Gasteiger partial charge on any atom is 0.337 e. The van der Waals surface area contributed by atoms with Gasteiger partial charge in [0, 0.05) is 10.6 Å². The fourth-order valence-electron chi connectivity index (χ4n) is 2.73. The first-order chi connectivity index (χ1) is 10.2. The van der Waals surface area contributed by atoms with Crippen molar-refractivity contribution in [2.45, 2.75) is 25.3 Å². The van der Waals surface area contributed by atoms with Crippen LogP contribution in [-0.4, -0.2) is 13.1 Å². The van der Waals surface area contributed by atoms with E-state index in [4.69, 9.17) is 4.74 Å². The molecule has 1 unspecified atom stereocenters. The highest BCUT2D eigenvalue weighted by Crippen LogP contribution is 2.39. The van der Waals surface area contributed by atoms with Gasteiger partial charge in [-0.2, -0.15) is 0 Å². The van der Waals surface area contributed by atoms with E-state index in [1.54, 1.807) is 6.07 Å². The molecule has 1 atom stereocenters. The average Bonchev–Trinajstić information content (AvgIpc) is 2.88. The summed E-state index contributed by atoms with van der Waals surface area (Å²) in [5.74, 6) is -0.304. The fourth-order valence-corrected chi connectivity index (χ4v) is 4.55. The molecule has 0 radical (unpaired) electrons. The maximum atomic E-state index is 11.6. The Hall–Kier alpha value is -1.33. The smallest absolute Gasteiger partial charge is 0.337 e. The number of carbonyl (C=O) groups is 1. The van der Waals surface area contributed by atoms with Gasteiger partial charge in [0.1, 0.15) is 0 Å². The Bertz CT molecular complexity index is 668. The number of nitrogens with one attached hydrogen (secondary N) is 1. The quantitative estimate of drug-likeness (QED) is 0.794. The largest absolute Gasteiger partial charge is 0.465 e. The predicted molar refractivity (Wildman–Crippen MR) is 89.1 cm³/mol. The van der Waals surface area contributed by atoms with Gasteiger partial charge in [-0.1, -0.05) is 6.07 Å². The van der Waals surface area contributed by atoms with Crippen LogP contribution in [0, 0.1) is 0 Å². The average molecular weight is 366 g/mol. The molecule has 0 fully saturated rings. The van der Waals surface area contributed by atoms with Gasteiger partial charge in [-0.05, 0) is 65.0 Å². The van der Waals surface area contributed by atoms with Crippen molar-refractivity contribution in [1.29, 1.82) is 0 Å². The number of hydrogen-bond donors (Lipinski definition) is 1. The lowest BCUT2D eigenvalue weighted by Gasteiger charge is -2.24. The summed E-state index contributed by atoms with van der Waals surface area (Å²) in [6.45, 7) is 0. The molecule has 1 aliphatic carbocycles. The Balaban J connectivity index is 1.83. The van der Waals surface area contributed by atoms with Gasteiger partial charge in [0.15, 0.2) is 0 Å². The van der Waals surface area contributed by atoms with Gasteiger partial charge in [0.25, 0.3) is 0 Å². The summed E-state index contributed by atoms with van der Waals surface area (Å²) in [5, 5.41) is 3.55. The molecule has 1 aliphatic rings. The molecule has 110 valence electrons. The third-order valence-electron chi connectivity index (χ3n) is 3.71. The molecule has 1 aromatic carbocycles. The number of aryl methyl sites for hydroxylation is 1. The lowest BCUT2D eigenvalue weighted by Crippen LogP contribution is -2.16. The van der Waals surface area contributed by atoms with Gasteiger partial charge in [0.05, 0.1) is 22.5 Å². The minimum atomic E-state index is -0.304. The highest BCUT2D eigenvalue weighted by atomic mass is 79.9. The molecule has 0 saturated carbocycles. The molecular formula is C16H16BrNO2S. The summed E-state index contributed by atoms with van der Waals surface area (Å²) in [4.78, 5) is 13.1. The molecule has 0 amide bonds. The van der Waals surface area contributed by atoms with Crippen LogP contribution < -0.4 is 5.32 Å². The van der Waals surface area contributed by atoms with Crippen LogP contribution in [-0.2, 0) is 11.2 Å². The lowest BCUT2D eigenvalue weighted by molar-refractivity contribution is 0.0601. The topological polar surface area (TPSA) is 38.3 Å². The molecule has 1 heterocycles. The summed E-state index contributed by atoms with van der Waals surface area (Å²) < 4.78 is 5.95. The zero-order chi connectivity index (χ0) is 14.8. The Morgan fingerprint density at radius 2 is 2.29 bits per heavy atom. The number of hydrogen-bond acceptors (Lipinski definition) is 4. The number of anilines is 1. The van der Waals surface area contributed by atoms with Gasteiger partial charge in [-0.15, -0.1) is 11.3 Å². The number of esters is 1. The van der Waals surface area contributed by atoms with Crippen LogP contribution in [0.25, 0.3) is 0 Å². The van der Waals surface area contributed by atoms with E-state index in [-0.39, 0.29) is 5.97 Å². The van der Waals surface area contributed by atoms with E-state index in [1.807, 2.05) is 29.5 Å². The number of halogens is 1. The van der Waals surface area contributed by atoms with Crippen molar-refractivity contribution in [2.75, 3.05) is 12.4 Å². The van der Waals surface area contributed by atoms with E-state index in [2.05, 4.69) is 27.3 Å². The van der Waals surface area contributed by atoms with Crippen molar-refractivity contribution in [3.8, 4) is 0 Å². The molecule has 0 aliphatic heterocycles. The summed E-state index contributed by atoms with van der Waals surface area (Å²) >= 11 is 5.39. The minimum absolute atomic E-state index is 0.304. The van der Waals surface area contributed by atoms with Gasteiger partial charge in [0.2, 0.25) is 0 Å². The van der Waals surface area contributed by atoms with Crippen LogP contribution in [0.5, 0.6) is 0 Å². The van der Waals surface area contributed by atoms with Crippen LogP contribution in [0.3, 0.4) is 0 Å². The Labute approximate surface area is 136 Å². The third kappa shape index (κ3) is 3.14. The van der Waals surface area contributed by atoms with Crippen molar-refractivity contribution in [3.63, 3.8) is 0 Å². The first-order valence-electron chi connectivity index (χ1n) is 6.90. The zero-order valence-corrected chi connectivity index (χ0v) is 14.1. The highest BCUT2D eigenvalue weighted by Gasteiger charge is 2.22. The monoisotopic (exact) mass is 365 g/mol. The first-order valence-corrected chi connectivity index (χ1v) is 8.51. The minimum Gasteiger partial charge on any atom is -0.465 e. The van der Waals surface area contributed by atoms with Gasteiger partial charge >= 0.3 is 5.97 Å². The number of fused-ring (bicyclic) bond motifs is 1. The van der Waals surface area contributed by atoms with Crippen molar-refractivity contribution in [2.24, 2.45) is 0 Å². The van der Waals surface area contributed by atoms with Crippen molar-refractivity contribution < 1.29 is 9.53 Å². The third-order valence-corrected chi connectivity index (χ3v) is 5.42. The van der Waals surface area contributed by atoms with Crippen LogP contribution >= 0.6 is 27.3 Å². The van der Waals surface area contributed by atoms with Crippen molar-refractivity contribution >= 4 is 38.9 Å². The number of carbonyl (C=O) groups excluding carboxylic acids is 1. The van der Waals surface area contributed by atoms with E-state index in [0.717, 1.165) is 18.5 Å². The summed E-state index contributed by atoms with van der Waals surface area (Å²) in [6.07, 6.45) is 3.46. The molecule has 1 aromatic heterocycles. The van der Waals surface area contributed by atoms with E-state index in [1.165, 1.54) is 27.8 Å². The lowest BCUT2D eigenvalue weighted by atomic mass is 9.94. The molecule has 0 bridgehead atoms. The second-order valence-electron chi connectivity index (χ2n) is 5.09. The number of methoxy groups -OCH3 is 1. The standard InChI is InChI=1S/C16H16BrNO2S/c1-20-16(19)10-4-2-5-11(8-10)18-13-6-3-7-14-12(13)9-15(17)21-14/h2,4-5,8-9,13,18H,3,6-7H2,1H3. The first kappa shape index (κ1) is 14.6. The molecule has 0 spiro atoms. The summed E-state index contributed by atoms with van der Waals surface area (Å²) in [7, 11) is 1.40. The van der Waals surface area contributed by atoms with Crippen LogP contribution in [0.2, 0.25) is 0 Å². The number of benzene rings is 1. The second-order valence-corrected chi connectivity index (χ2v) is 7.61. The Morgan fingerprint density at radius 1 is 1.43 bits per heavy atom. The number of rotatable bonds is 3. The van der Waals surface area contributed by atoms with Crippen LogP contribution in [0.4, 0.5) is 5.69 Å². The van der Waals surface area contributed by atoms with E-state index >= 15 is 0 Å². The molecule has 5 heteroatoms. The highest BCUT2D eigenvalue weighted by molar-refractivity contribution is 9.11. The predicted octanol–water partition coefficient (Wildman–Crippen LogP) is 4.79. The van der Waals surface area contributed by atoms with Crippen molar-refractivity contribution in [3.05, 3.63) is 50.1 Å². The Morgan fingerprint density at radius 3 is 3.10 bits per heavy atom. The zero-order valence-electron chi connectivity index (χ0n) is 11.7. The number of ether oxygens (including phenoxy) is 1. The van der Waals surface area contributed by atoms with E-state index in [0.29, 0.717) is 11.6 Å². The second kappa shape index (κ2) is 6.20. The normalized spacial score (nSPS) is 17.1. The number of thiophene rings is 1. The van der Waals surface area contributed by atoms with E-state index in [9.17, 15) is 4.79 Å². The van der Waals surface area contributed by atoms with Crippen LogP contribution in [0.15, 0.2) is 34.1 Å². The molecule has 2 aromatic rings. The van der Waals surface area contributed by atoms with Crippen LogP contribution in [0.1, 0.15) is 39.7 Å². The van der Waals surface area contributed by atoms with Crippen molar-refractivity contribution in [1.82, 2.24) is 0 Å². The van der Waals surface area contributed by atoms with Gasteiger partial charge in [-0.25, -0.2) is 4.79 Å². The molecule has 3 rings (SSSR count). The molecule has 3 nitrogen and oxygen atoms in total.